The zero-order valence-electron chi connectivity index (χ0n) is 8.19. The predicted octanol–water partition coefficient (Wildman–Crippen LogP) is 2.40. The number of allylic oxidation sites excluding steroid dienone is 3. The third-order valence-corrected chi connectivity index (χ3v) is 2.75. The highest BCUT2D eigenvalue weighted by Crippen LogP contribution is 2.33. The van der Waals surface area contributed by atoms with Crippen molar-refractivity contribution in [2.75, 3.05) is 0 Å². The maximum atomic E-state index is 11.3. The number of rotatable bonds is 0. The van der Waals surface area contributed by atoms with Crippen molar-refractivity contribution in [1.29, 1.82) is 0 Å². The summed E-state index contributed by atoms with van der Waals surface area (Å²) in [7, 11) is 0. The normalized spacial score (nSPS) is 18.3. The van der Waals surface area contributed by atoms with Crippen LogP contribution < -0.4 is 4.74 Å². The van der Waals surface area contributed by atoms with Crippen molar-refractivity contribution < 1.29 is 9.53 Å². The van der Waals surface area contributed by atoms with Gasteiger partial charge in [0.2, 0.25) is 0 Å². The van der Waals surface area contributed by atoms with Crippen LogP contribution in [0.3, 0.4) is 0 Å². The van der Waals surface area contributed by atoms with E-state index in [0.29, 0.717) is 6.42 Å². The molecule has 0 radical (unpaired) electrons. The summed E-state index contributed by atoms with van der Waals surface area (Å²) in [5.41, 5.74) is 2.26. The van der Waals surface area contributed by atoms with Gasteiger partial charge in [0.25, 0.3) is 0 Å². The quantitative estimate of drug-likeness (QED) is 0.639. The van der Waals surface area contributed by atoms with E-state index < -0.39 is 0 Å². The van der Waals surface area contributed by atoms with E-state index in [0.717, 1.165) is 23.5 Å². The van der Waals surface area contributed by atoms with E-state index in [-0.39, 0.29) is 5.78 Å². The van der Waals surface area contributed by atoms with Crippen LogP contribution >= 0.6 is 0 Å². The van der Waals surface area contributed by atoms with E-state index in [4.69, 9.17) is 4.74 Å². The minimum absolute atomic E-state index is 0.164. The van der Waals surface area contributed by atoms with Crippen molar-refractivity contribution in [3.8, 4) is 5.75 Å². The first-order valence-corrected chi connectivity index (χ1v) is 5.01. The van der Waals surface area contributed by atoms with Crippen LogP contribution in [0.15, 0.2) is 47.7 Å². The molecule has 0 atom stereocenters. The molecule has 0 unspecified atom stereocenters. The topological polar surface area (TPSA) is 26.3 Å². The third-order valence-electron chi connectivity index (χ3n) is 2.75. The summed E-state index contributed by atoms with van der Waals surface area (Å²) < 4.78 is 5.72. The van der Waals surface area contributed by atoms with Gasteiger partial charge in [0.05, 0.1) is 0 Å². The van der Waals surface area contributed by atoms with Crippen LogP contribution in [0.2, 0.25) is 0 Å². The highest BCUT2D eigenvalue weighted by atomic mass is 16.5. The Labute approximate surface area is 87.9 Å². The number of carbonyl (C=O) groups is 1. The lowest BCUT2D eigenvalue weighted by Gasteiger charge is -2.23. The van der Waals surface area contributed by atoms with Crippen LogP contribution in [-0.4, -0.2) is 5.78 Å². The minimum atomic E-state index is 0.164. The van der Waals surface area contributed by atoms with Gasteiger partial charge in [-0.05, 0) is 29.4 Å². The Balaban J connectivity index is 2.02. The predicted molar refractivity (Wildman–Crippen MR) is 56.6 cm³/mol. The summed E-state index contributed by atoms with van der Waals surface area (Å²) in [4.78, 5) is 11.3. The molecule has 0 bridgehead atoms. The summed E-state index contributed by atoms with van der Waals surface area (Å²) in [5.74, 6) is 1.93. The molecule has 0 aromatic heterocycles. The van der Waals surface area contributed by atoms with E-state index in [1.54, 1.807) is 12.2 Å². The SMILES string of the molecule is O=C1C=CC2=C(C1)Cc1ccccc1O2. The number of ether oxygens (including phenoxy) is 1. The lowest BCUT2D eigenvalue weighted by molar-refractivity contribution is -0.114. The summed E-state index contributed by atoms with van der Waals surface area (Å²) >= 11 is 0. The number of fused-ring (bicyclic) bond motifs is 1. The Hall–Kier alpha value is -1.83. The second-order valence-electron chi connectivity index (χ2n) is 3.83. The van der Waals surface area contributed by atoms with Gasteiger partial charge in [-0.2, -0.15) is 0 Å². The second-order valence-corrected chi connectivity index (χ2v) is 3.83. The van der Waals surface area contributed by atoms with Crippen LogP contribution in [-0.2, 0) is 11.2 Å². The molecule has 0 spiro atoms. The van der Waals surface area contributed by atoms with Gasteiger partial charge in [-0.3, -0.25) is 4.79 Å². The molecule has 1 aliphatic carbocycles. The van der Waals surface area contributed by atoms with Crippen molar-refractivity contribution in [2.24, 2.45) is 0 Å². The Kier molecular flexibility index (Phi) is 1.75. The minimum Gasteiger partial charge on any atom is -0.457 e. The zero-order chi connectivity index (χ0) is 10.3. The monoisotopic (exact) mass is 198 g/mol. The molecule has 15 heavy (non-hydrogen) atoms. The maximum Gasteiger partial charge on any atom is 0.160 e. The second kappa shape index (κ2) is 3.09. The fourth-order valence-corrected chi connectivity index (χ4v) is 2.00. The molecule has 1 heterocycles. The van der Waals surface area contributed by atoms with Gasteiger partial charge in [0.1, 0.15) is 11.5 Å². The largest absolute Gasteiger partial charge is 0.457 e. The van der Waals surface area contributed by atoms with Crippen LogP contribution in [0.25, 0.3) is 0 Å². The number of para-hydroxylation sites is 1. The van der Waals surface area contributed by atoms with E-state index in [1.165, 1.54) is 5.56 Å². The standard InChI is InChI=1S/C13H10O2/c14-11-5-6-13-10(8-11)7-9-3-1-2-4-12(9)15-13/h1-6H,7-8H2. The van der Waals surface area contributed by atoms with Crippen molar-refractivity contribution in [3.63, 3.8) is 0 Å². The smallest absolute Gasteiger partial charge is 0.160 e. The molecule has 0 fully saturated rings. The lowest BCUT2D eigenvalue weighted by atomic mass is 9.93. The number of ketones is 1. The van der Waals surface area contributed by atoms with Crippen molar-refractivity contribution >= 4 is 5.78 Å². The number of benzene rings is 1. The first kappa shape index (κ1) is 8.48. The Morgan fingerprint density at radius 2 is 1.93 bits per heavy atom. The number of hydrogen-bond donors (Lipinski definition) is 0. The molecule has 0 saturated heterocycles. The van der Waals surface area contributed by atoms with Crippen LogP contribution in [0.5, 0.6) is 5.75 Å². The Morgan fingerprint density at radius 1 is 1.07 bits per heavy atom. The first-order chi connectivity index (χ1) is 7.33. The highest BCUT2D eigenvalue weighted by molar-refractivity contribution is 5.93. The summed E-state index contributed by atoms with van der Waals surface area (Å²) in [6.07, 6.45) is 4.70. The van der Waals surface area contributed by atoms with Gasteiger partial charge < -0.3 is 4.74 Å². The Morgan fingerprint density at radius 3 is 2.87 bits per heavy atom. The van der Waals surface area contributed by atoms with E-state index in [9.17, 15) is 4.79 Å². The molecule has 0 N–H and O–H groups in total. The van der Waals surface area contributed by atoms with Gasteiger partial charge in [-0.1, -0.05) is 18.2 Å². The molecule has 2 nitrogen and oxygen atoms in total. The van der Waals surface area contributed by atoms with E-state index in [2.05, 4.69) is 0 Å². The van der Waals surface area contributed by atoms with Crippen LogP contribution in [0.1, 0.15) is 12.0 Å². The van der Waals surface area contributed by atoms with Gasteiger partial charge in [0.15, 0.2) is 5.78 Å². The van der Waals surface area contributed by atoms with Crippen molar-refractivity contribution in [1.82, 2.24) is 0 Å². The first-order valence-electron chi connectivity index (χ1n) is 5.01. The van der Waals surface area contributed by atoms with Gasteiger partial charge in [0, 0.05) is 12.8 Å². The third kappa shape index (κ3) is 1.38. The molecular formula is C13H10O2. The van der Waals surface area contributed by atoms with Gasteiger partial charge in [-0.25, -0.2) is 0 Å². The maximum absolute atomic E-state index is 11.3. The van der Waals surface area contributed by atoms with Crippen molar-refractivity contribution in [3.05, 3.63) is 53.3 Å². The van der Waals surface area contributed by atoms with E-state index >= 15 is 0 Å². The molecule has 2 aliphatic rings. The number of carbonyl (C=O) groups excluding carboxylic acids is 1. The molecule has 74 valence electrons. The fraction of sp³-hybridized carbons (Fsp3) is 0.154. The molecule has 1 aliphatic heterocycles. The number of hydrogen-bond acceptors (Lipinski definition) is 2. The summed E-state index contributed by atoms with van der Waals surface area (Å²) in [5, 5.41) is 0. The zero-order valence-corrected chi connectivity index (χ0v) is 8.19. The average molecular weight is 198 g/mol. The van der Waals surface area contributed by atoms with Gasteiger partial charge in [-0.15, -0.1) is 0 Å². The fourth-order valence-electron chi connectivity index (χ4n) is 2.00. The van der Waals surface area contributed by atoms with Crippen LogP contribution in [0.4, 0.5) is 0 Å². The van der Waals surface area contributed by atoms with Crippen molar-refractivity contribution in [2.45, 2.75) is 12.8 Å². The molecule has 0 saturated carbocycles. The Bertz CT molecular complexity index is 495. The molecule has 1 aromatic rings. The average Bonchev–Trinajstić information content (AvgIpc) is 2.26. The van der Waals surface area contributed by atoms with Gasteiger partial charge >= 0.3 is 0 Å². The molecule has 1 aromatic carbocycles. The highest BCUT2D eigenvalue weighted by Gasteiger charge is 2.21. The summed E-state index contributed by atoms with van der Waals surface area (Å²) in [6.45, 7) is 0. The molecular weight excluding hydrogens is 188 g/mol. The molecule has 0 amide bonds. The lowest BCUT2D eigenvalue weighted by Crippen LogP contribution is -2.14. The van der Waals surface area contributed by atoms with Crippen LogP contribution in [0, 0.1) is 0 Å². The van der Waals surface area contributed by atoms with E-state index in [1.807, 2.05) is 24.3 Å². The molecule has 2 heteroatoms. The summed E-state index contributed by atoms with van der Waals surface area (Å²) in [6, 6.07) is 7.96. The molecule has 3 rings (SSSR count).